The fourth-order valence-corrected chi connectivity index (χ4v) is 2.08. The number of nitrogens with two attached hydrogens (primary N) is 1. The molecular formula is C13H20N2O. The molecular weight excluding hydrogens is 200 g/mol. The van der Waals surface area contributed by atoms with Gasteiger partial charge in [-0.1, -0.05) is 12.1 Å². The van der Waals surface area contributed by atoms with Crippen LogP contribution < -0.4 is 5.73 Å². The molecule has 1 heterocycles. The van der Waals surface area contributed by atoms with E-state index in [1.54, 1.807) is 0 Å². The molecule has 2 rings (SSSR count). The largest absolute Gasteiger partial charge is 0.399 e. The lowest BCUT2D eigenvalue weighted by atomic mass is 10.1. The predicted octanol–water partition coefficient (Wildman–Crippen LogP) is 1.80. The minimum Gasteiger partial charge on any atom is -0.399 e. The fourth-order valence-electron chi connectivity index (χ4n) is 2.08. The summed E-state index contributed by atoms with van der Waals surface area (Å²) in [7, 11) is 0. The summed E-state index contributed by atoms with van der Waals surface area (Å²) >= 11 is 0. The summed E-state index contributed by atoms with van der Waals surface area (Å²) in [6.45, 7) is 7.98. The first-order valence-electron chi connectivity index (χ1n) is 5.84. The summed E-state index contributed by atoms with van der Waals surface area (Å²) in [6, 6.07) is 6.33. The van der Waals surface area contributed by atoms with Gasteiger partial charge in [-0.15, -0.1) is 0 Å². The highest BCUT2D eigenvalue weighted by atomic mass is 16.5. The summed E-state index contributed by atoms with van der Waals surface area (Å²) in [4.78, 5) is 2.41. The molecule has 0 saturated carbocycles. The minimum absolute atomic E-state index is 0.344. The zero-order valence-electron chi connectivity index (χ0n) is 10.1. The molecule has 3 nitrogen and oxygen atoms in total. The molecule has 1 saturated heterocycles. The maximum Gasteiger partial charge on any atom is 0.0674 e. The van der Waals surface area contributed by atoms with Crippen LogP contribution in [0.3, 0.4) is 0 Å². The molecule has 1 aromatic rings. The van der Waals surface area contributed by atoms with Gasteiger partial charge < -0.3 is 10.5 Å². The predicted molar refractivity (Wildman–Crippen MR) is 66.3 cm³/mol. The van der Waals surface area contributed by atoms with E-state index >= 15 is 0 Å². The SMILES string of the molecule is Cc1ccc(CN2CCOC(C)C2)cc1N. The van der Waals surface area contributed by atoms with Gasteiger partial charge in [-0.05, 0) is 31.0 Å². The van der Waals surface area contributed by atoms with E-state index in [1.165, 1.54) is 5.56 Å². The zero-order chi connectivity index (χ0) is 11.5. The molecule has 3 heteroatoms. The number of ether oxygens (including phenoxy) is 1. The molecule has 2 N–H and O–H groups in total. The molecule has 0 amide bonds. The smallest absolute Gasteiger partial charge is 0.0674 e. The number of nitrogen functional groups attached to an aromatic ring is 1. The standard InChI is InChI=1S/C13H20N2O/c1-10-3-4-12(7-13(10)14)9-15-5-6-16-11(2)8-15/h3-4,7,11H,5-6,8-9,14H2,1-2H3. The minimum atomic E-state index is 0.344. The van der Waals surface area contributed by atoms with Crippen LogP contribution in [0.15, 0.2) is 18.2 Å². The van der Waals surface area contributed by atoms with E-state index in [4.69, 9.17) is 10.5 Å². The van der Waals surface area contributed by atoms with Crippen molar-refractivity contribution in [1.29, 1.82) is 0 Å². The second-order valence-electron chi connectivity index (χ2n) is 4.61. The van der Waals surface area contributed by atoms with Gasteiger partial charge in [0.25, 0.3) is 0 Å². The van der Waals surface area contributed by atoms with Gasteiger partial charge in [0.15, 0.2) is 0 Å². The second-order valence-corrected chi connectivity index (χ2v) is 4.61. The Morgan fingerprint density at radius 2 is 2.31 bits per heavy atom. The first-order valence-corrected chi connectivity index (χ1v) is 5.84. The summed E-state index contributed by atoms with van der Waals surface area (Å²) in [5.74, 6) is 0. The lowest BCUT2D eigenvalue weighted by Gasteiger charge is -2.31. The number of anilines is 1. The molecule has 0 spiro atoms. The molecule has 0 bridgehead atoms. The molecule has 1 fully saturated rings. The maximum atomic E-state index is 5.91. The Bertz CT molecular complexity index is 365. The maximum absolute atomic E-state index is 5.91. The van der Waals surface area contributed by atoms with Crippen molar-refractivity contribution in [2.45, 2.75) is 26.5 Å². The van der Waals surface area contributed by atoms with Crippen molar-refractivity contribution in [3.05, 3.63) is 29.3 Å². The van der Waals surface area contributed by atoms with Crippen molar-refractivity contribution in [1.82, 2.24) is 4.90 Å². The Balaban J connectivity index is 2.00. The highest BCUT2D eigenvalue weighted by Crippen LogP contribution is 2.16. The van der Waals surface area contributed by atoms with Crippen LogP contribution in [-0.4, -0.2) is 30.7 Å². The van der Waals surface area contributed by atoms with Crippen molar-refractivity contribution in [2.75, 3.05) is 25.4 Å². The topological polar surface area (TPSA) is 38.5 Å². The van der Waals surface area contributed by atoms with Crippen molar-refractivity contribution in [3.8, 4) is 0 Å². The molecule has 0 aromatic heterocycles. The monoisotopic (exact) mass is 220 g/mol. The van der Waals surface area contributed by atoms with Gasteiger partial charge in [0.2, 0.25) is 0 Å². The van der Waals surface area contributed by atoms with E-state index in [2.05, 4.69) is 30.0 Å². The van der Waals surface area contributed by atoms with Crippen molar-refractivity contribution in [3.63, 3.8) is 0 Å². The second kappa shape index (κ2) is 4.85. The lowest BCUT2D eigenvalue weighted by molar-refractivity contribution is -0.0212. The number of hydrogen-bond donors (Lipinski definition) is 1. The zero-order valence-corrected chi connectivity index (χ0v) is 10.1. The van der Waals surface area contributed by atoms with Gasteiger partial charge in [-0.25, -0.2) is 0 Å². The summed E-state index contributed by atoms with van der Waals surface area (Å²) < 4.78 is 5.52. The van der Waals surface area contributed by atoms with Crippen molar-refractivity contribution in [2.24, 2.45) is 0 Å². The molecule has 1 atom stereocenters. The molecule has 16 heavy (non-hydrogen) atoms. The molecule has 0 radical (unpaired) electrons. The van der Waals surface area contributed by atoms with Crippen molar-refractivity contribution < 1.29 is 4.74 Å². The molecule has 1 aromatic carbocycles. The van der Waals surface area contributed by atoms with Gasteiger partial charge in [0.1, 0.15) is 0 Å². The highest BCUT2D eigenvalue weighted by Gasteiger charge is 2.16. The van der Waals surface area contributed by atoms with Gasteiger partial charge in [0, 0.05) is 25.3 Å². The summed E-state index contributed by atoms with van der Waals surface area (Å²) in [5.41, 5.74) is 9.24. The van der Waals surface area contributed by atoms with E-state index in [1.807, 2.05) is 6.92 Å². The van der Waals surface area contributed by atoms with Crippen molar-refractivity contribution >= 4 is 5.69 Å². The van der Waals surface area contributed by atoms with Gasteiger partial charge in [-0.3, -0.25) is 4.90 Å². The molecule has 1 unspecified atom stereocenters. The molecule has 1 aliphatic heterocycles. The number of rotatable bonds is 2. The van der Waals surface area contributed by atoms with E-state index in [-0.39, 0.29) is 0 Å². The Morgan fingerprint density at radius 3 is 3.00 bits per heavy atom. The highest BCUT2D eigenvalue weighted by molar-refractivity contribution is 5.48. The first-order chi connectivity index (χ1) is 7.65. The number of nitrogens with zero attached hydrogens (tertiary/aromatic N) is 1. The molecule has 1 aliphatic rings. The summed E-state index contributed by atoms with van der Waals surface area (Å²) in [6.07, 6.45) is 0.344. The Hall–Kier alpha value is -1.06. The average Bonchev–Trinajstić information content (AvgIpc) is 2.24. The van der Waals surface area contributed by atoms with Gasteiger partial charge in [0.05, 0.1) is 12.7 Å². The third-order valence-electron chi connectivity index (χ3n) is 3.08. The van der Waals surface area contributed by atoms with E-state index in [0.717, 1.165) is 37.5 Å². The Morgan fingerprint density at radius 1 is 1.50 bits per heavy atom. The fraction of sp³-hybridized carbons (Fsp3) is 0.538. The normalized spacial score (nSPS) is 22.2. The van der Waals surface area contributed by atoms with Gasteiger partial charge in [-0.2, -0.15) is 0 Å². The Labute approximate surface area is 97.2 Å². The van der Waals surface area contributed by atoms with Crippen LogP contribution in [0, 0.1) is 6.92 Å². The van der Waals surface area contributed by atoms with Crippen LogP contribution in [-0.2, 0) is 11.3 Å². The number of morpholine rings is 1. The number of benzene rings is 1. The van der Waals surface area contributed by atoms with Crippen LogP contribution in [0.25, 0.3) is 0 Å². The number of hydrogen-bond acceptors (Lipinski definition) is 3. The lowest BCUT2D eigenvalue weighted by Crippen LogP contribution is -2.40. The number of aryl methyl sites for hydroxylation is 1. The molecule has 88 valence electrons. The average molecular weight is 220 g/mol. The third kappa shape index (κ3) is 2.74. The third-order valence-corrected chi connectivity index (χ3v) is 3.08. The first kappa shape index (κ1) is 11.4. The van der Waals surface area contributed by atoms with Crippen LogP contribution in [0.2, 0.25) is 0 Å². The van der Waals surface area contributed by atoms with Crippen LogP contribution in [0.1, 0.15) is 18.1 Å². The van der Waals surface area contributed by atoms with Crippen LogP contribution in [0.4, 0.5) is 5.69 Å². The van der Waals surface area contributed by atoms with E-state index in [9.17, 15) is 0 Å². The summed E-state index contributed by atoms with van der Waals surface area (Å²) in [5, 5.41) is 0. The van der Waals surface area contributed by atoms with Crippen LogP contribution in [0.5, 0.6) is 0 Å². The van der Waals surface area contributed by atoms with E-state index < -0.39 is 0 Å². The quantitative estimate of drug-likeness (QED) is 0.772. The van der Waals surface area contributed by atoms with Gasteiger partial charge >= 0.3 is 0 Å². The van der Waals surface area contributed by atoms with Crippen LogP contribution >= 0.6 is 0 Å². The van der Waals surface area contributed by atoms with E-state index in [0.29, 0.717) is 6.10 Å². The Kier molecular flexibility index (Phi) is 3.46. The molecule has 0 aliphatic carbocycles.